The van der Waals surface area contributed by atoms with Crippen molar-refractivity contribution in [1.82, 2.24) is 0 Å². The molecule has 0 aliphatic heterocycles. The van der Waals surface area contributed by atoms with Gasteiger partial charge in [0.05, 0.1) is 5.92 Å². The molecule has 2 rings (SSSR count). The van der Waals surface area contributed by atoms with E-state index < -0.39 is 17.7 Å². The molecule has 8 heteroatoms. The number of hydrogen-bond donors (Lipinski definition) is 2. The number of aryl methyl sites for hydroxylation is 2. The lowest BCUT2D eigenvalue weighted by Crippen LogP contribution is -2.40. The molecule has 2 aromatic carbocycles. The summed E-state index contributed by atoms with van der Waals surface area (Å²) in [5.41, 5.74) is -1.21. The summed E-state index contributed by atoms with van der Waals surface area (Å²) in [5, 5.41) is 20.5. The molecule has 0 saturated carbocycles. The molecular formula is C38H57F3O5. The first-order chi connectivity index (χ1) is 20.9. The number of phenolic OH excluding ortho intramolecular Hbond substituents is 1. The van der Waals surface area contributed by atoms with Gasteiger partial charge in [-0.3, -0.25) is 4.79 Å². The zero-order valence-corrected chi connectivity index (χ0v) is 29.8. The van der Waals surface area contributed by atoms with Gasteiger partial charge in [0.1, 0.15) is 36.2 Å². The number of halogens is 3. The van der Waals surface area contributed by atoms with Crippen LogP contribution in [0.5, 0.6) is 11.5 Å². The van der Waals surface area contributed by atoms with Crippen LogP contribution in [0.4, 0.5) is 13.2 Å². The Bertz CT molecular complexity index is 1290. The van der Waals surface area contributed by atoms with Crippen molar-refractivity contribution in [2.45, 2.75) is 120 Å². The summed E-state index contributed by atoms with van der Waals surface area (Å²) in [6.07, 6.45) is -2.18. The molecule has 5 atom stereocenters. The van der Waals surface area contributed by atoms with Gasteiger partial charge in [0.2, 0.25) is 0 Å². The lowest BCUT2D eigenvalue weighted by Gasteiger charge is -2.34. The summed E-state index contributed by atoms with van der Waals surface area (Å²) in [6.45, 7) is 21.3. The lowest BCUT2D eigenvalue weighted by molar-refractivity contribution is -0.173. The van der Waals surface area contributed by atoms with Gasteiger partial charge in [-0.05, 0) is 104 Å². The third kappa shape index (κ3) is 11.2. The molecule has 5 nitrogen and oxygen atoms in total. The predicted molar refractivity (Wildman–Crippen MR) is 178 cm³/mol. The highest BCUT2D eigenvalue weighted by Gasteiger charge is 2.53. The molecule has 5 unspecified atom stereocenters. The molecule has 46 heavy (non-hydrogen) atoms. The average Bonchev–Trinajstić information content (AvgIpc) is 2.89. The second-order valence-corrected chi connectivity index (χ2v) is 16.0. The molecule has 0 fully saturated rings. The zero-order valence-electron chi connectivity index (χ0n) is 29.8. The quantitative estimate of drug-likeness (QED) is 0.199. The van der Waals surface area contributed by atoms with E-state index in [0.717, 1.165) is 26.2 Å². The molecule has 0 bridgehead atoms. The molecule has 260 valence electrons. The van der Waals surface area contributed by atoms with Gasteiger partial charge in [-0.15, -0.1) is 0 Å². The predicted octanol–water partition coefficient (Wildman–Crippen LogP) is 9.70. The van der Waals surface area contributed by atoms with E-state index in [4.69, 9.17) is 9.47 Å². The second kappa shape index (κ2) is 15.4. The number of aromatic hydroxyl groups is 1. The number of ether oxygens (including phenoxy) is 2. The molecule has 2 aromatic rings. The van der Waals surface area contributed by atoms with Crippen molar-refractivity contribution in [2.24, 2.45) is 28.6 Å². The number of carbonyl (C=O) groups excluding carboxylic acids is 1. The standard InChI is InChI=1S/C38H57F3O5/c1-24(20-35(5,6)7)12-15-31(27(4)21-36(8,9)10)34(44)46-23-30(42)22-45-33-17-14-29(19-26(33)3)37(11,38(39,40)41)28-13-16-32(43)25(2)18-28/h13-14,16-19,24,27,30-31,42-43H,12,15,20-23H2,1-11H3. The van der Waals surface area contributed by atoms with E-state index in [1.54, 1.807) is 13.8 Å². The molecule has 2 N–H and O–H groups in total. The van der Waals surface area contributed by atoms with Crippen molar-refractivity contribution in [3.05, 3.63) is 58.7 Å². The fraction of sp³-hybridized carbons (Fsp3) is 0.658. The molecule has 0 saturated heterocycles. The number of esters is 1. The van der Waals surface area contributed by atoms with Gasteiger partial charge in [-0.25, -0.2) is 0 Å². The minimum Gasteiger partial charge on any atom is -0.508 e. The van der Waals surface area contributed by atoms with Crippen LogP contribution in [0.25, 0.3) is 0 Å². The first kappa shape index (κ1) is 39.4. The summed E-state index contributed by atoms with van der Waals surface area (Å²) >= 11 is 0. The average molecular weight is 651 g/mol. The first-order valence-corrected chi connectivity index (χ1v) is 16.4. The number of benzene rings is 2. The molecule has 0 aliphatic carbocycles. The highest BCUT2D eigenvalue weighted by atomic mass is 19.4. The molecule has 0 radical (unpaired) electrons. The molecule has 0 aliphatic rings. The van der Waals surface area contributed by atoms with Crippen LogP contribution in [0.1, 0.15) is 110 Å². The summed E-state index contributed by atoms with van der Waals surface area (Å²) in [6, 6.07) is 8.17. The van der Waals surface area contributed by atoms with Crippen molar-refractivity contribution in [2.75, 3.05) is 13.2 Å². The second-order valence-electron chi connectivity index (χ2n) is 16.0. The molecule has 0 aromatic heterocycles. The van der Waals surface area contributed by atoms with Crippen LogP contribution in [0.2, 0.25) is 0 Å². The Labute approximate surface area is 274 Å². The summed E-state index contributed by atoms with van der Waals surface area (Å²) in [4.78, 5) is 13.3. The molecule has 0 spiro atoms. The van der Waals surface area contributed by atoms with E-state index in [2.05, 4.69) is 55.4 Å². The Balaban J connectivity index is 2.10. The van der Waals surface area contributed by atoms with Gasteiger partial charge in [0.25, 0.3) is 0 Å². The Kier molecular flexibility index (Phi) is 13.2. The van der Waals surface area contributed by atoms with Crippen molar-refractivity contribution >= 4 is 5.97 Å². The van der Waals surface area contributed by atoms with Crippen LogP contribution in [0.3, 0.4) is 0 Å². The molecule has 0 amide bonds. The van der Waals surface area contributed by atoms with Gasteiger partial charge in [0.15, 0.2) is 0 Å². The highest BCUT2D eigenvalue weighted by molar-refractivity contribution is 5.72. The SMILES string of the molecule is Cc1cc(C(C)(c2ccc(OCC(O)COC(=O)C(CCC(C)CC(C)(C)C)C(C)CC(C)(C)C)c(C)c2)C(F)(F)F)ccc1O. The van der Waals surface area contributed by atoms with E-state index >= 15 is 0 Å². The van der Waals surface area contributed by atoms with Gasteiger partial charge in [-0.1, -0.05) is 79.7 Å². The minimum atomic E-state index is -4.61. The fourth-order valence-corrected chi connectivity index (χ4v) is 6.46. The topological polar surface area (TPSA) is 76.0 Å². The maximum Gasteiger partial charge on any atom is 0.402 e. The largest absolute Gasteiger partial charge is 0.508 e. The van der Waals surface area contributed by atoms with Gasteiger partial charge in [-0.2, -0.15) is 13.2 Å². The van der Waals surface area contributed by atoms with Crippen LogP contribution < -0.4 is 4.74 Å². The van der Waals surface area contributed by atoms with E-state index in [9.17, 15) is 28.2 Å². The maximum atomic E-state index is 14.5. The van der Waals surface area contributed by atoms with E-state index in [1.807, 2.05) is 0 Å². The van der Waals surface area contributed by atoms with Crippen LogP contribution in [-0.4, -0.2) is 41.7 Å². The molecule has 0 heterocycles. The summed E-state index contributed by atoms with van der Waals surface area (Å²) < 4.78 is 54.9. The number of hydrogen-bond acceptors (Lipinski definition) is 5. The van der Waals surface area contributed by atoms with Gasteiger partial charge < -0.3 is 19.7 Å². The number of rotatable bonds is 14. The molecular weight excluding hydrogens is 593 g/mol. The third-order valence-electron chi connectivity index (χ3n) is 8.80. The van der Waals surface area contributed by atoms with Crippen molar-refractivity contribution in [1.29, 1.82) is 0 Å². The van der Waals surface area contributed by atoms with E-state index in [0.29, 0.717) is 29.2 Å². The van der Waals surface area contributed by atoms with E-state index in [1.165, 1.54) is 36.4 Å². The summed E-state index contributed by atoms with van der Waals surface area (Å²) in [7, 11) is 0. The Morgan fingerprint density at radius 3 is 1.85 bits per heavy atom. The lowest BCUT2D eigenvalue weighted by atomic mass is 9.74. The Hall–Kier alpha value is -2.74. The van der Waals surface area contributed by atoms with Crippen molar-refractivity contribution in [3.8, 4) is 11.5 Å². The zero-order chi connectivity index (χ0) is 35.3. The fourth-order valence-electron chi connectivity index (χ4n) is 6.46. The number of alkyl halides is 3. The number of aliphatic hydroxyl groups is 1. The normalized spacial score (nSPS) is 16.7. The monoisotopic (exact) mass is 650 g/mol. The van der Waals surface area contributed by atoms with Crippen LogP contribution in [-0.2, 0) is 14.9 Å². The van der Waals surface area contributed by atoms with Crippen LogP contribution in [0.15, 0.2) is 36.4 Å². The van der Waals surface area contributed by atoms with Crippen molar-refractivity contribution < 1.29 is 37.7 Å². The van der Waals surface area contributed by atoms with E-state index in [-0.39, 0.29) is 58.7 Å². The first-order valence-electron chi connectivity index (χ1n) is 16.4. The Morgan fingerprint density at radius 1 is 0.804 bits per heavy atom. The summed E-state index contributed by atoms with van der Waals surface area (Å²) in [5.74, 6) is 0.213. The van der Waals surface area contributed by atoms with Gasteiger partial charge in [0, 0.05) is 0 Å². The number of phenols is 1. The third-order valence-corrected chi connectivity index (χ3v) is 8.80. The minimum absolute atomic E-state index is 0.0133. The number of aliphatic hydroxyl groups excluding tert-OH is 1. The van der Waals surface area contributed by atoms with Crippen molar-refractivity contribution in [3.63, 3.8) is 0 Å². The number of carbonyl (C=O) groups is 1. The Morgan fingerprint density at radius 2 is 1.35 bits per heavy atom. The smallest absolute Gasteiger partial charge is 0.402 e. The highest BCUT2D eigenvalue weighted by Crippen LogP contribution is 2.47. The maximum absolute atomic E-state index is 14.5. The van der Waals surface area contributed by atoms with Crippen LogP contribution >= 0.6 is 0 Å². The van der Waals surface area contributed by atoms with Gasteiger partial charge >= 0.3 is 12.1 Å². The van der Waals surface area contributed by atoms with Crippen LogP contribution in [0, 0.1) is 42.4 Å².